The maximum atomic E-state index is 12.0. The molecule has 0 unspecified atom stereocenters. The highest BCUT2D eigenvalue weighted by Crippen LogP contribution is 2.13. The molecule has 2 rings (SSSR count). The first-order valence-electron chi connectivity index (χ1n) is 7.20. The molecule has 0 atom stereocenters. The maximum absolute atomic E-state index is 12.0. The molecule has 0 spiro atoms. The average Bonchev–Trinajstić information content (AvgIpc) is 2.95. The summed E-state index contributed by atoms with van der Waals surface area (Å²) in [5.74, 6) is 1.70. The molecular weight excluding hydrogens is 318 g/mol. The maximum Gasteiger partial charge on any atom is 0.329 e. The van der Waals surface area contributed by atoms with Crippen molar-refractivity contribution in [1.82, 2.24) is 9.55 Å². The van der Waals surface area contributed by atoms with Gasteiger partial charge in [-0.25, -0.2) is 4.79 Å². The molecule has 0 aliphatic heterocycles. The number of anilines is 1. The second kappa shape index (κ2) is 7.87. The van der Waals surface area contributed by atoms with Crippen molar-refractivity contribution >= 4 is 23.5 Å². The zero-order chi connectivity index (χ0) is 16.8. The molecule has 23 heavy (non-hydrogen) atoms. The zero-order valence-corrected chi connectivity index (χ0v) is 13.8. The third kappa shape index (κ3) is 5.17. The molecule has 2 aromatic heterocycles. The van der Waals surface area contributed by atoms with Crippen LogP contribution in [0.2, 0.25) is 0 Å². The fraction of sp³-hybridized carbons (Fsp3) is 0.400. The summed E-state index contributed by atoms with van der Waals surface area (Å²) >= 11 is 1.39. The SMILES string of the molecule is CC(C)Cn1c(NC(=O)CSCc2ccco2)cc(=O)[nH]c1=O. The van der Waals surface area contributed by atoms with E-state index in [4.69, 9.17) is 4.42 Å². The smallest absolute Gasteiger partial charge is 0.329 e. The van der Waals surface area contributed by atoms with Gasteiger partial charge in [-0.1, -0.05) is 13.8 Å². The summed E-state index contributed by atoms with van der Waals surface area (Å²) in [5.41, 5.74) is -1.06. The number of thioether (sulfide) groups is 1. The van der Waals surface area contributed by atoms with Gasteiger partial charge in [-0.05, 0) is 18.1 Å². The lowest BCUT2D eigenvalue weighted by molar-refractivity contribution is -0.113. The van der Waals surface area contributed by atoms with Crippen LogP contribution < -0.4 is 16.6 Å². The Morgan fingerprint density at radius 2 is 2.22 bits per heavy atom. The Balaban J connectivity index is 2.01. The minimum atomic E-state index is -0.534. The van der Waals surface area contributed by atoms with Crippen LogP contribution in [0, 0.1) is 5.92 Å². The normalized spacial score (nSPS) is 10.9. The van der Waals surface area contributed by atoms with Crippen molar-refractivity contribution in [2.45, 2.75) is 26.1 Å². The molecule has 0 aliphatic carbocycles. The minimum absolute atomic E-state index is 0.197. The molecule has 1 amide bonds. The molecule has 8 heteroatoms. The highest BCUT2D eigenvalue weighted by molar-refractivity contribution is 7.99. The van der Waals surface area contributed by atoms with E-state index in [2.05, 4.69) is 10.3 Å². The molecule has 0 aliphatic rings. The van der Waals surface area contributed by atoms with E-state index in [1.807, 2.05) is 19.9 Å². The van der Waals surface area contributed by atoms with E-state index in [1.165, 1.54) is 22.4 Å². The molecule has 2 aromatic rings. The fourth-order valence-corrected chi connectivity index (χ4v) is 2.71. The number of furan rings is 1. The number of carbonyl (C=O) groups excluding carboxylic acids is 1. The van der Waals surface area contributed by atoms with Gasteiger partial charge in [-0.3, -0.25) is 19.1 Å². The largest absolute Gasteiger partial charge is 0.468 e. The van der Waals surface area contributed by atoms with Crippen LogP contribution in [0.25, 0.3) is 0 Å². The second-order valence-electron chi connectivity index (χ2n) is 5.45. The van der Waals surface area contributed by atoms with Crippen molar-refractivity contribution in [1.29, 1.82) is 0 Å². The fourth-order valence-electron chi connectivity index (χ4n) is 1.99. The molecule has 0 saturated carbocycles. The molecule has 0 aromatic carbocycles. The van der Waals surface area contributed by atoms with Gasteiger partial charge in [-0.15, -0.1) is 11.8 Å². The Morgan fingerprint density at radius 3 is 2.87 bits per heavy atom. The molecule has 2 heterocycles. The van der Waals surface area contributed by atoms with Crippen molar-refractivity contribution in [2.75, 3.05) is 11.1 Å². The molecule has 0 fully saturated rings. The van der Waals surface area contributed by atoms with Crippen LogP contribution in [-0.2, 0) is 17.1 Å². The van der Waals surface area contributed by atoms with Crippen LogP contribution in [0.1, 0.15) is 19.6 Å². The average molecular weight is 337 g/mol. The molecule has 0 radical (unpaired) electrons. The van der Waals surface area contributed by atoms with Gasteiger partial charge in [0.25, 0.3) is 5.56 Å². The van der Waals surface area contributed by atoms with E-state index >= 15 is 0 Å². The molecule has 0 bridgehead atoms. The monoisotopic (exact) mass is 337 g/mol. The topological polar surface area (TPSA) is 97.1 Å². The highest BCUT2D eigenvalue weighted by atomic mass is 32.2. The summed E-state index contributed by atoms with van der Waals surface area (Å²) in [4.78, 5) is 37.6. The van der Waals surface area contributed by atoms with Crippen molar-refractivity contribution in [3.63, 3.8) is 0 Å². The number of hydrogen-bond acceptors (Lipinski definition) is 5. The van der Waals surface area contributed by atoms with Crippen LogP contribution in [0.15, 0.2) is 38.5 Å². The van der Waals surface area contributed by atoms with Crippen molar-refractivity contribution in [3.05, 3.63) is 51.1 Å². The van der Waals surface area contributed by atoms with Gasteiger partial charge in [0.05, 0.1) is 17.8 Å². The van der Waals surface area contributed by atoms with Gasteiger partial charge in [0.15, 0.2) is 0 Å². The number of rotatable bonds is 7. The number of hydrogen-bond donors (Lipinski definition) is 2. The minimum Gasteiger partial charge on any atom is -0.468 e. The molecule has 124 valence electrons. The lowest BCUT2D eigenvalue weighted by atomic mass is 10.2. The first-order chi connectivity index (χ1) is 11.0. The number of aromatic amines is 1. The Kier molecular flexibility index (Phi) is 5.86. The molecule has 0 saturated heterocycles. The van der Waals surface area contributed by atoms with E-state index in [0.29, 0.717) is 12.3 Å². The van der Waals surface area contributed by atoms with E-state index in [9.17, 15) is 14.4 Å². The number of nitrogens with one attached hydrogen (secondary N) is 2. The summed E-state index contributed by atoms with van der Waals surface area (Å²) in [6, 6.07) is 4.84. The van der Waals surface area contributed by atoms with Gasteiger partial charge in [-0.2, -0.15) is 0 Å². The van der Waals surface area contributed by atoms with Gasteiger partial charge in [0.2, 0.25) is 5.91 Å². The van der Waals surface area contributed by atoms with Crippen molar-refractivity contribution in [3.8, 4) is 0 Å². The predicted molar refractivity (Wildman–Crippen MR) is 89.7 cm³/mol. The highest BCUT2D eigenvalue weighted by Gasteiger charge is 2.11. The van der Waals surface area contributed by atoms with Crippen LogP contribution in [0.5, 0.6) is 0 Å². The van der Waals surface area contributed by atoms with Crippen LogP contribution in [0.4, 0.5) is 5.82 Å². The zero-order valence-electron chi connectivity index (χ0n) is 13.0. The van der Waals surface area contributed by atoms with Crippen LogP contribution >= 0.6 is 11.8 Å². The Labute approximate surface area is 137 Å². The standard InChI is InChI=1S/C15H19N3O4S/c1-10(2)7-18-12(6-13(19)17-15(18)21)16-14(20)9-23-8-11-4-3-5-22-11/h3-6,10H,7-9H2,1-2H3,(H,16,20)(H,17,19,21). The van der Waals surface area contributed by atoms with E-state index in [0.717, 1.165) is 5.76 Å². The summed E-state index contributed by atoms with van der Waals surface area (Å²) in [7, 11) is 0. The summed E-state index contributed by atoms with van der Waals surface area (Å²) in [6.07, 6.45) is 1.58. The second-order valence-corrected chi connectivity index (χ2v) is 6.43. The van der Waals surface area contributed by atoms with E-state index in [1.54, 1.807) is 12.3 Å². The van der Waals surface area contributed by atoms with Crippen LogP contribution in [0.3, 0.4) is 0 Å². The van der Waals surface area contributed by atoms with Crippen molar-refractivity contribution in [2.24, 2.45) is 5.92 Å². The number of carbonyl (C=O) groups is 1. The van der Waals surface area contributed by atoms with E-state index < -0.39 is 11.2 Å². The Bertz CT molecular complexity index is 762. The van der Waals surface area contributed by atoms with Gasteiger partial charge >= 0.3 is 5.69 Å². The molecular formula is C15H19N3O4S. The van der Waals surface area contributed by atoms with E-state index in [-0.39, 0.29) is 23.4 Å². The van der Waals surface area contributed by atoms with Crippen LogP contribution in [-0.4, -0.2) is 21.2 Å². The summed E-state index contributed by atoms with van der Waals surface area (Å²) in [6.45, 7) is 4.30. The van der Waals surface area contributed by atoms with Crippen molar-refractivity contribution < 1.29 is 9.21 Å². The van der Waals surface area contributed by atoms with Gasteiger partial charge in [0.1, 0.15) is 11.6 Å². The lowest BCUT2D eigenvalue weighted by Gasteiger charge is -2.14. The summed E-state index contributed by atoms with van der Waals surface area (Å²) in [5, 5.41) is 2.63. The van der Waals surface area contributed by atoms with Gasteiger partial charge in [0, 0.05) is 12.6 Å². The Morgan fingerprint density at radius 1 is 1.43 bits per heavy atom. The number of nitrogens with zero attached hydrogens (tertiary/aromatic N) is 1. The predicted octanol–water partition coefficient (Wildman–Crippen LogP) is 1.66. The number of amides is 1. The van der Waals surface area contributed by atoms with Gasteiger partial charge < -0.3 is 9.73 Å². The molecule has 2 N–H and O–H groups in total. The summed E-state index contributed by atoms with van der Waals surface area (Å²) < 4.78 is 6.55. The molecule has 7 nitrogen and oxygen atoms in total. The quantitative estimate of drug-likeness (QED) is 0.801. The first-order valence-corrected chi connectivity index (χ1v) is 8.35. The third-order valence-electron chi connectivity index (χ3n) is 2.91. The first kappa shape index (κ1) is 17.1. The number of H-pyrrole nitrogens is 1. The third-order valence-corrected chi connectivity index (χ3v) is 3.86. The Hall–Kier alpha value is -2.22. The lowest BCUT2D eigenvalue weighted by Crippen LogP contribution is -2.34. The number of aromatic nitrogens is 2.